The van der Waals surface area contributed by atoms with Crippen LogP contribution in [0.15, 0.2) is 24.3 Å². The van der Waals surface area contributed by atoms with Gasteiger partial charge in [0.15, 0.2) is 0 Å². The molecule has 3 N–H and O–H groups in total. The molecular weight excluding hydrogens is 224 g/mol. The molecule has 0 heterocycles. The Kier molecular flexibility index (Phi) is 4.37. The second kappa shape index (κ2) is 6.01. The summed E-state index contributed by atoms with van der Waals surface area (Å²) in [5.41, 5.74) is 7.39. The third-order valence-corrected chi connectivity index (χ3v) is 3.63. The van der Waals surface area contributed by atoms with Gasteiger partial charge in [-0.3, -0.25) is 4.79 Å². The van der Waals surface area contributed by atoms with Crippen molar-refractivity contribution in [1.29, 1.82) is 0 Å². The van der Waals surface area contributed by atoms with E-state index >= 15 is 0 Å². The largest absolute Gasteiger partial charge is 0.352 e. The third-order valence-electron chi connectivity index (χ3n) is 3.63. The Morgan fingerprint density at radius 1 is 1.50 bits per heavy atom. The van der Waals surface area contributed by atoms with Crippen LogP contribution in [0, 0.1) is 11.8 Å². The fraction of sp³-hybridized carbons (Fsp3) is 0.533. The van der Waals surface area contributed by atoms with Gasteiger partial charge in [0, 0.05) is 12.1 Å². The van der Waals surface area contributed by atoms with E-state index in [4.69, 9.17) is 5.73 Å². The van der Waals surface area contributed by atoms with Crippen LogP contribution in [0.25, 0.3) is 0 Å². The Morgan fingerprint density at radius 2 is 2.28 bits per heavy atom. The molecule has 98 valence electrons. The SMILES string of the molecule is CC(CNC(=O)c1cccc(CCN)c1)C1CC1. The van der Waals surface area contributed by atoms with Crippen molar-refractivity contribution < 1.29 is 4.79 Å². The number of amides is 1. The number of carbonyl (C=O) groups is 1. The normalized spacial score (nSPS) is 16.3. The number of hydrogen-bond acceptors (Lipinski definition) is 2. The average molecular weight is 246 g/mol. The molecule has 1 amide bonds. The van der Waals surface area contributed by atoms with Crippen LogP contribution in [0.1, 0.15) is 35.7 Å². The van der Waals surface area contributed by atoms with Crippen molar-refractivity contribution in [3.05, 3.63) is 35.4 Å². The minimum Gasteiger partial charge on any atom is -0.352 e. The first-order valence-corrected chi connectivity index (χ1v) is 6.78. The number of nitrogens with two attached hydrogens (primary N) is 1. The van der Waals surface area contributed by atoms with Gasteiger partial charge in [0.1, 0.15) is 0 Å². The van der Waals surface area contributed by atoms with E-state index in [0.29, 0.717) is 12.5 Å². The number of nitrogens with one attached hydrogen (secondary N) is 1. The van der Waals surface area contributed by atoms with Gasteiger partial charge >= 0.3 is 0 Å². The summed E-state index contributed by atoms with van der Waals surface area (Å²) in [6, 6.07) is 7.72. The van der Waals surface area contributed by atoms with Gasteiger partial charge in [-0.1, -0.05) is 19.1 Å². The minimum absolute atomic E-state index is 0.0290. The van der Waals surface area contributed by atoms with Crippen LogP contribution in [0.2, 0.25) is 0 Å². The summed E-state index contributed by atoms with van der Waals surface area (Å²) in [6.45, 7) is 3.61. The van der Waals surface area contributed by atoms with E-state index < -0.39 is 0 Å². The summed E-state index contributed by atoms with van der Waals surface area (Å²) in [5, 5.41) is 3.02. The van der Waals surface area contributed by atoms with Gasteiger partial charge in [0.05, 0.1) is 0 Å². The molecule has 1 fully saturated rings. The van der Waals surface area contributed by atoms with Gasteiger partial charge in [-0.15, -0.1) is 0 Å². The maximum Gasteiger partial charge on any atom is 0.251 e. The van der Waals surface area contributed by atoms with E-state index in [0.717, 1.165) is 30.0 Å². The lowest BCUT2D eigenvalue weighted by Crippen LogP contribution is -2.29. The summed E-state index contributed by atoms with van der Waals surface area (Å²) in [6.07, 6.45) is 3.46. The molecule has 2 rings (SSSR count). The first-order chi connectivity index (χ1) is 8.70. The van der Waals surface area contributed by atoms with Gasteiger partial charge < -0.3 is 11.1 Å². The van der Waals surface area contributed by atoms with Gasteiger partial charge in [-0.2, -0.15) is 0 Å². The second-order valence-electron chi connectivity index (χ2n) is 5.26. The summed E-state index contributed by atoms with van der Waals surface area (Å²) < 4.78 is 0. The van der Waals surface area contributed by atoms with Crippen LogP contribution in [-0.2, 0) is 6.42 Å². The number of benzene rings is 1. The van der Waals surface area contributed by atoms with Crippen LogP contribution in [0.3, 0.4) is 0 Å². The maximum absolute atomic E-state index is 12.0. The van der Waals surface area contributed by atoms with Crippen molar-refractivity contribution in [2.24, 2.45) is 17.6 Å². The highest BCUT2D eigenvalue weighted by molar-refractivity contribution is 5.94. The van der Waals surface area contributed by atoms with Gasteiger partial charge in [0.2, 0.25) is 0 Å². The van der Waals surface area contributed by atoms with Gasteiger partial charge in [-0.25, -0.2) is 0 Å². The topological polar surface area (TPSA) is 55.1 Å². The third kappa shape index (κ3) is 3.57. The molecule has 18 heavy (non-hydrogen) atoms. The van der Waals surface area contributed by atoms with Gasteiger partial charge in [0.25, 0.3) is 5.91 Å². The Balaban J connectivity index is 1.88. The van der Waals surface area contributed by atoms with E-state index in [1.807, 2.05) is 24.3 Å². The van der Waals surface area contributed by atoms with E-state index in [1.165, 1.54) is 12.8 Å². The van der Waals surface area contributed by atoms with Crippen molar-refractivity contribution in [3.63, 3.8) is 0 Å². The van der Waals surface area contributed by atoms with Crippen LogP contribution < -0.4 is 11.1 Å². The predicted molar refractivity (Wildman–Crippen MR) is 73.4 cm³/mol. The lowest BCUT2D eigenvalue weighted by Gasteiger charge is -2.11. The molecule has 0 saturated heterocycles. The highest BCUT2D eigenvalue weighted by atomic mass is 16.1. The van der Waals surface area contributed by atoms with Crippen molar-refractivity contribution in [3.8, 4) is 0 Å². The Labute approximate surface area is 109 Å². The molecular formula is C15H22N2O. The predicted octanol–water partition coefficient (Wildman–Crippen LogP) is 1.96. The fourth-order valence-corrected chi connectivity index (χ4v) is 2.22. The molecule has 3 heteroatoms. The number of hydrogen-bond donors (Lipinski definition) is 2. The molecule has 0 radical (unpaired) electrons. The molecule has 1 unspecified atom stereocenters. The molecule has 0 aliphatic heterocycles. The summed E-state index contributed by atoms with van der Waals surface area (Å²) >= 11 is 0. The zero-order valence-electron chi connectivity index (χ0n) is 11.0. The molecule has 1 aromatic rings. The van der Waals surface area contributed by atoms with Crippen LogP contribution in [-0.4, -0.2) is 19.0 Å². The molecule has 3 nitrogen and oxygen atoms in total. The highest BCUT2D eigenvalue weighted by Crippen LogP contribution is 2.36. The molecule has 0 spiro atoms. The quantitative estimate of drug-likeness (QED) is 0.806. The Hall–Kier alpha value is -1.35. The van der Waals surface area contributed by atoms with E-state index in [9.17, 15) is 4.79 Å². The molecule has 0 aromatic heterocycles. The summed E-state index contributed by atoms with van der Waals surface area (Å²) in [5.74, 6) is 1.46. The molecule has 0 bridgehead atoms. The zero-order chi connectivity index (χ0) is 13.0. The Morgan fingerprint density at radius 3 is 2.94 bits per heavy atom. The second-order valence-corrected chi connectivity index (χ2v) is 5.26. The van der Waals surface area contributed by atoms with Crippen molar-refractivity contribution in [1.82, 2.24) is 5.32 Å². The standard InChI is InChI=1S/C15H22N2O/c1-11(13-5-6-13)10-17-15(18)14-4-2-3-12(9-14)7-8-16/h2-4,9,11,13H,5-8,10,16H2,1H3,(H,17,18). The molecule has 1 saturated carbocycles. The first kappa shape index (κ1) is 13.1. The van der Waals surface area contributed by atoms with E-state index in [2.05, 4.69) is 12.2 Å². The fourth-order valence-electron chi connectivity index (χ4n) is 2.22. The minimum atomic E-state index is 0.0290. The number of rotatable bonds is 6. The first-order valence-electron chi connectivity index (χ1n) is 6.78. The number of carbonyl (C=O) groups excluding carboxylic acids is 1. The molecule has 1 aromatic carbocycles. The van der Waals surface area contributed by atoms with Crippen LogP contribution >= 0.6 is 0 Å². The van der Waals surface area contributed by atoms with E-state index in [1.54, 1.807) is 0 Å². The van der Waals surface area contributed by atoms with Gasteiger partial charge in [-0.05, 0) is 55.3 Å². The summed E-state index contributed by atoms with van der Waals surface area (Å²) in [7, 11) is 0. The lowest BCUT2D eigenvalue weighted by atomic mass is 10.1. The monoisotopic (exact) mass is 246 g/mol. The molecule has 1 aliphatic carbocycles. The Bertz CT molecular complexity index is 413. The molecule has 1 atom stereocenters. The zero-order valence-corrected chi connectivity index (χ0v) is 11.0. The van der Waals surface area contributed by atoms with Crippen molar-refractivity contribution >= 4 is 5.91 Å². The van der Waals surface area contributed by atoms with Crippen LogP contribution in [0.5, 0.6) is 0 Å². The lowest BCUT2D eigenvalue weighted by molar-refractivity contribution is 0.0946. The molecule has 1 aliphatic rings. The van der Waals surface area contributed by atoms with Crippen molar-refractivity contribution in [2.75, 3.05) is 13.1 Å². The average Bonchev–Trinajstić information content (AvgIpc) is 3.20. The van der Waals surface area contributed by atoms with E-state index in [-0.39, 0.29) is 5.91 Å². The highest BCUT2D eigenvalue weighted by Gasteiger charge is 2.27. The van der Waals surface area contributed by atoms with Crippen LogP contribution in [0.4, 0.5) is 0 Å². The smallest absolute Gasteiger partial charge is 0.251 e. The van der Waals surface area contributed by atoms with Crippen molar-refractivity contribution in [2.45, 2.75) is 26.2 Å². The summed E-state index contributed by atoms with van der Waals surface area (Å²) in [4.78, 5) is 12.0. The maximum atomic E-state index is 12.0.